The summed E-state index contributed by atoms with van der Waals surface area (Å²) in [5.74, 6) is 0.300. The van der Waals surface area contributed by atoms with E-state index >= 15 is 0 Å². The molecule has 2 N–H and O–H groups in total. The van der Waals surface area contributed by atoms with Crippen molar-refractivity contribution in [3.8, 4) is 0 Å². The van der Waals surface area contributed by atoms with E-state index in [2.05, 4.69) is 26.6 Å². The van der Waals surface area contributed by atoms with Crippen LogP contribution in [0.4, 0.5) is 5.69 Å². The molecule has 0 bridgehead atoms. The molecule has 86 valence electrons. The number of hydrogen-bond acceptors (Lipinski definition) is 2. The first-order valence-electron chi connectivity index (χ1n) is 5.53. The highest BCUT2D eigenvalue weighted by Crippen LogP contribution is 2.17. The van der Waals surface area contributed by atoms with Crippen molar-refractivity contribution in [3.05, 3.63) is 28.7 Å². The van der Waals surface area contributed by atoms with Crippen molar-refractivity contribution in [3.63, 3.8) is 0 Å². The minimum Gasteiger partial charge on any atom is -0.326 e. The van der Waals surface area contributed by atoms with Crippen LogP contribution in [0.15, 0.2) is 28.7 Å². The monoisotopic (exact) mass is 282 g/mol. The van der Waals surface area contributed by atoms with Crippen LogP contribution in [0.5, 0.6) is 0 Å². The van der Waals surface area contributed by atoms with Crippen LogP contribution in [0, 0.1) is 5.92 Å². The lowest BCUT2D eigenvalue weighted by molar-refractivity contribution is -0.120. The fraction of sp³-hybridized carbons (Fsp3) is 0.417. The molecule has 1 aliphatic heterocycles. The third-order valence-electron chi connectivity index (χ3n) is 2.82. The van der Waals surface area contributed by atoms with Crippen molar-refractivity contribution in [2.24, 2.45) is 5.92 Å². The summed E-state index contributed by atoms with van der Waals surface area (Å²) in [7, 11) is 0. The zero-order valence-electron chi connectivity index (χ0n) is 9.00. The summed E-state index contributed by atoms with van der Waals surface area (Å²) >= 11 is 3.37. The SMILES string of the molecule is O=C(Nc1ccc(Br)cc1)C1CCNCC1. The molecule has 4 heteroatoms. The second kappa shape index (κ2) is 5.46. The molecule has 3 nitrogen and oxygen atoms in total. The second-order valence-electron chi connectivity index (χ2n) is 4.02. The van der Waals surface area contributed by atoms with Gasteiger partial charge in [-0.2, -0.15) is 0 Å². The molecule has 1 saturated heterocycles. The highest BCUT2D eigenvalue weighted by atomic mass is 79.9. The fourth-order valence-electron chi connectivity index (χ4n) is 1.86. The van der Waals surface area contributed by atoms with Gasteiger partial charge in [-0.3, -0.25) is 4.79 Å². The fourth-order valence-corrected chi connectivity index (χ4v) is 2.13. The third kappa shape index (κ3) is 3.06. The van der Waals surface area contributed by atoms with Gasteiger partial charge in [0.2, 0.25) is 5.91 Å². The Labute approximate surface area is 104 Å². The molecule has 1 aromatic rings. The number of nitrogens with one attached hydrogen (secondary N) is 2. The molecule has 1 fully saturated rings. The molecule has 0 aliphatic carbocycles. The number of anilines is 1. The first-order valence-corrected chi connectivity index (χ1v) is 6.32. The number of hydrogen-bond donors (Lipinski definition) is 2. The van der Waals surface area contributed by atoms with Crippen LogP contribution >= 0.6 is 15.9 Å². The summed E-state index contributed by atoms with van der Waals surface area (Å²) in [4.78, 5) is 11.9. The van der Waals surface area contributed by atoms with Crippen molar-refractivity contribution in [1.29, 1.82) is 0 Å². The summed E-state index contributed by atoms with van der Waals surface area (Å²) in [5, 5.41) is 6.21. The Morgan fingerprint density at radius 2 is 1.88 bits per heavy atom. The van der Waals surface area contributed by atoms with Crippen molar-refractivity contribution in [1.82, 2.24) is 5.32 Å². The number of benzene rings is 1. The molecular weight excluding hydrogens is 268 g/mol. The van der Waals surface area contributed by atoms with E-state index < -0.39 is 0 Å². The van der Waals surface area contributed by atoms with E-state index in [0.29, 0.717) is 0 Å². The van der Waals surface area contributed by atoms with Gasteiger partial charge >= 0.3 is 0 Å². The van der Waals surface area contributed by atoms with Gasteiger partial charge < -0.3 is 10.6 Å². The molecule has 1 aromatic carbocycles. The smallest absolute Gasteiger partial charge is 0.227 e. The van der Waals surface area contributed by atoms with E-state index in [1.807, 2.05) is 24.3 Å². The standard InChI is InChI=1S/C12H15BrN2O/c13-10-1-3-11(4-2-10)15-12(16)9-5-7-14-8-6-9/h1-4,9,14H,5-8H2,(H,15,16). The van der Waals surface area contributed by atoms with E-state index in [9.17, 15) is 4.79 Å². The quantitative estimate of drug-likeness (QED) is 0.875. The van der Waals surface area contributed by atoms with Gasteiger partial charge in [-0.15, -0.1) is 0 Å². The summed E-state index contributed by atoms with van der Waals surface area (Å²) in [5.41, 5.74) is 0.867. The van der Waals surface area contributed by atoms with Crippen molar-refractivity contribution in [2.75, 3.05) is 18.4 Å². The topological polar surface area (TPSA) is 41.1 Å². The number of rotatable bonds is 2. The summed E-state index contributed by atoms with van der Waals surface area (Å²) < 4.78 is 1.02. The Kier molecular flexibility index (Phi) is 3.96. The molecule has 2 rings (SSSR count). The number of carbonyl (C=O) groups excluding carboxylic acids is 1. The van der Waals surface area contributed by atoms with Gasteiger partial charge in [0, 0.05) is 16.1 Å². The molecular formula is C12H15BrN2O. The zero-order chi connectivity index (χ0) is 11.4. The summed E-state index contributed by atoms with van der Waals surface area (Å²) in [6, 6.07) is 7.67. The second-order valence-corrected chi connectivity index (χ2v) is 4.94. The lowest BCUT2D eigenvalue weighted by Gasteiger charge is -2.21. The molecule has 0 spiro atoms. The van der Waals surface area contributed by atoms with E-state index in [1.165, 1.54) is 0 Å². The Morgan fingerprint density at radius 1 is 1.25 bits per heavy atom. The van der Waals surface area contributed by atoms with Crippen LogP contribution in [0.25, 0.3) is 0 Å². The van der Waals surface area contributed by atoms with Crippen LogP contribution < -0.4 is 10.6 Å². The normalized spacial score (nSPS) is 17.1. The van der Waals surface area contributed by atoms with Crippen LogP contribution in [0.2, 0.25) is 0 Å². The molecule has 16 heavy (non-hydrogen) atoms. The number of piperidine rings is 1. The van der Waals surface area contributed by atoms with Gasteiger partial charge in [0.1, 0.15) is 0 Å². The lowest BCUT2D eigenvalue weighted by atomic mass is 9.97. The minimum atomic E-state index is 0.142. The molecule has 0 radical (unpaired) electrons. The zero-order valence-corrected chi connectivity index (χ0v) is 10.6. The van der Waals surface area contributed by atoms with Crippen LogP contribution in [0.3, 0.4) is 0 Å². The maximum Gasteiger partial charge on any atom is 0.227 e. The van der Waals surface area contributed by atoms with Crippen LogP contribution in [0.1, 0.15) is 12.8 Å². The average Bonchev–Trinajstić information content (AvgIpc) is 2.33. The van der Waals surface area contributed by atoms with E-state index in [-0.39, 0.29) is 11.8 Å². The van der Waals surface area contributed by atoms with Crippen molar-refractivity contribution >= 4 is 27.5 Å². The van der Waals surface area contributed by atoms with Crippen molar-refractivity contribution in [2.45, 2.75) is 12.8 Å². The molecule has 1 heterocycles. The summed E-state index contributed by atoms with van der Waals surface area (Å²) in [6.07, 6.45) is 1.87. The van der Waals surface area contributed by atoms with Gasteiger partial charge in [0.25, 0.3) is 0 Å². The highest BCUT2D eigenvalue weighted by Gasteiger charge is 2.20. The average molecular weight is 283 g/mol. The number of halogens is 1. The Hall–Kier alpha value is -0.870. The van der Waals surface area contributed by atoms with Gasteiger partial charge in [0.15, 0.2) is 0 Å². The lowest BCUT2D eigenvalue weighted by Crippen LogP contribution is -2.34. The van der Waals surface area contributed by atoms with Gasteiger partial charge in [0.05, 0.1) is 0 Å². The van der Waals surface area contributed by atoms with E-state index in [4.69, 9.17) is 0 Å². The maximum absolute atomic E-state index is 11.9. The van der Waals surface area contributed by atoms with Crippen molar-refractivity contribution < 1.29 is 4.79 Å². The largest absolute Gasteiger partial charge is 0.326 e. The maximum atomic E-state index is 11.9. The predicted octanol–water partition coefficient (Wildman–Crippen LogP) is 2.39. The van der Waals surface area contributed by atoms with Gasteiger partial charge in [-0.25, -0.2) is 0 Å². The first-order chi connectivity index (χ1) is 7.75. The molecule has 1 amide bonds. The first kappa shape index (κ1) is 11.6. The molecule has 0 unspecified atom stereocenters. The minimum absolute atomic E-state index is 0.142. The summed E-state index contributed by atoms with van der Waals surface area (Å²) in [6.45, 7) is 1.89. The third-order valence-corrected chi connectivity index (χ3v) is 3.35. The predicted molar refractivity (Wildman–Crippen MR) is 68.4 cm³/mol. The van der Waals surface area contributed by atoms with Crippen LogP contribution in [-0.2, 0) is 4.79 Å². The molecule has 0 aromatic heterocycles. The Morgan fingerprint density at radius 3 is 2.50 bits per heavy atom. The Balaban J connectivity index is 1.93. The molecule has 0 saturated carbocycles. The number of carbonyl (C=O) groups is 1. The Bertz CT molecular complexity index is 358. The van der Waals surface area contributed by atoms with E-state index in [1.54, 1.807) is 0 Å². The number of amides is 1. The van der Waals surface area contributed by atoms with Gasteiger partial charge in [-0.05, 0) is 50.2 Å². The highest BCUT2D eigenvalue weighted by molar-refractivity contribution is 9.10. The molecule has 1 aliphatic rings. The van der Waals surface area contributed by atoms with Gasteiger partial charge in [-0.1, -0.05) is 15.9 Å². The van der Waals surface area contributed by atoms with Crippen LogP contribution in [-0.4, -0.2) is 19.0 Å². The van der Waals surface area contributed by atoms with E-state index in [0.717, 1.165) is 36.1 Å². The molecule has 0 atom stereocenters.